The van der Waals surface area contributed by atoms with Gasteiger partial charge in [-0.25, -0.2) is 4.68 Å². The van der Waals surface area contributed by atoms with Crippen molar-refractivity contribution in [1.82, 2.24) is 19.6 Å². The molecule has 5 nitrogen and oxygen atoms in total. The van der Waals surface area contributed by atoms with Gasteiger partial charge in [-0.05, 0) is 51.8 Å². The van der Waals surface area contributed by atoms with E-state index in [4.69, 9.17) is 0 Å². The van der Waals surface area contributed by atoms with E-state index in [0.29, 0.717) is 24.3 Å². The van der Waals surface area contributed by atoms with Crippen molar-refractivity contribution < 1.29 is 4.79 Å². The second kappa shape index (κ2) is 8.04. The lowest BCUT2D eigenvalue weighted by molar-refractivity contribution is -0.136. The Morgan fingerprint density at radius 2 is 2.08 bits per heavy atom. The second-order valence-corrected chi connectivity index (χ2v) is 7.82. The van der Waals surface area contributed by atoms with Crippen LogP contribution in [0.15, 0.2) is 36.7 Å². The molecule has 0 N–H and O–H groups in total. The van der Waals surface area contributed by atoms with Crippen molar-refractivity contribution in [3.63, 3.8) is 0 Å². The number of benzene rings is 1. The molecular formula is C21H30N4O. The fourth-order valence-electron chi connectivity index (χ4n) is 3.80. The van der Waals surface area contributed by atoms with Gasteiger partial charge in [-0.15, -0.1) is 0 Å². The molecule has 1 fully saturated rings. The molecule has 1 amide bonds. The summed E-state index contributed by atoms with van der Waals surface area (Å²) in [6, 6.07) is 8.58. The topological polar surface area (TPSA) is 41.4 Å². The van der Waals surface area contributed by atoms with Gasteiger partial charge in [-0.2, -0.15) is 5.10 Å². The number of piperidine rings is 1. The third-order valence-corrected chi connectivity index (χ3v) is 5.19. The zero-order chi connectivity index (χ0) is 18.7. The molecule has 1 unspecified atom stereocenters. The van der Waals surface area contributed by atoms with Crippen LogP contribution in [0.2, 0.25) is 0 Å². The molecule has 2 heterocycles. The highest BCUT2D eigenvalue weighted by Gasteiger charge is 2.27. The number of carbonyl (C=O) groups is 1. The summed E-state index contributed by atoms with van der Waals surface area (Å²) in [5, 5.41) is 4.53. The number of hydrogen-bond donors (Lipinski definition) is 0. The Morgan fingerprint density at radius 1 is 1.31 bits per heavy atom. The number of aromatic nitrogens is 2. The number of hydrogen-bond acceptors (Lipinski definition) is 3. The van der Waals surface area contributed by atoms with Gasteiger partial charge >= 0.3 is 0 Å². The average molecular weight is 354 g/mol. The van der Waals surface area contributed by atoms with Crippen molar-refractivity contribution in [1.29, 1.82) is 0 Å². The molecule has 140 valence electrons. The molecule has 0 bridgehead atoms. The molecule has 1 saturated heterocycles. The van der Waals surface area contributed by atoms with Crippen LogP contribution in [0.1, 0.15) is 37.8 Å². The SMILES string of the molecule is Cc1ccccc1-n1cc(CN(C)CC2CCC(=O)N(C(C)C)C2)cn1. The lowest BCUT2D eigenvalue weighted by Crippen LogP contribution is -2.46. The van der Waals surface area contributed by atoms with E-state index in [1.165, 1.54) is 11.1 Å². The predicted molar refractivity (Wildman–Crippen MR) is 104 cm³/mol. The maximum atomic E-state index is 12.0. The van der Waals surface area contributed by atoms with Crippen LogP contribution >= 0.6 is 0 Å². The normalized spacial score (nSPS) is 18.2. The standard InChI is InChI=1S/C21H30N4O/c1-16(2)24-14-18(9-10-21(24)26)12-23(4)13-19-11-22-25(15-19)20-8-6-5-7-17(20)3/h5-8,11,15-16,18H,9-10,12-14H2,1-4H3. The molecule has 0 spiro atoms. The van der Waals surface area contributed by atoms with E-state index < -0.39 is 0 Å². The van der Waals surface area contributed by atoms with Crippen molar-refractivity contribution >= 4 is 5.91 Å². The van der Waals surface area contributed by atoms with Crippen LogP contribution < -0.4 is 0 Å². The largest absolute Gasteiger partial charge is 0.340 e. The van der Waals surface area contributed by atoms with Gasteiger partial charge in [0.25, 0.3) is 0 Å². The van der Waals surface area contributed by atoms with E-state index in [2.05, 4.69) is 56.1 Å². The van der Waals surface area contributed by atoms with Gasteiger partial charge < -0.3 is 9.80 Å². The van der Waals surface area contributed by atoms with E-state index in [1.54, 1.807) is 0 Å². The monoisotopic (exact) mass is 354 g/mol. The van der Waals surface area contributed by atoms with Crippen molar-refractivity contribution in [2.45, 2.75) is 46.2 Å². The summed E-state index contributed by atoms with van der Waals surface area (Å²) < 4.78 is 1.96. The third kappa shape index (κ3) is 4.33. The van der Waals surface area contributed by atoms with Crippen LogP contribution in [-0.4, -0.2) is 51.7 Å². The fraction of sp³-hybridized carbons (Fsp3) is 0.524. The Morgan fingerprint density at radius 3 is 2.81 bits per heavy atom. The number of rotatable bonds is 6. The first-order valence-corrected chi connectivity index (χ1v) is 9.51. The smallest absolute Gasteiger partial charge is 0.222 e. The van der Waals surface area contributed by atoms with Crippen LogP contribution in [-0.2, 0) is 11.3 Å². The molecule has 0 saturated carbocycles. The Kier molecular flexibility index (Phi) is 5.77. The average Bonchev–Trinajstić information content (AvgIpc) is 3.04. The minimum atomic E-state index is 0.294. The Bertz CT molecular complexity index is 752. The van der Waals surface area contributed by atoms with Gasteiger partial charge in [0.05, 0.1) is 11.9 Å². The Hall–Kier alpha value is -2.14. The van der Waals surface area contributed by atoms with Crippen LogP contribution in [0.4, 0.5) is 0 Å². The lowest BCUT2D eigenvalue weighted by atomic mass is 9.96. The molecule has 0 radical (unpaired) electrons. The van der Waals surface area contributed by atoms with Gasteiger partial charge in [-0.1, -0.05) is 18.2 Å². The first kappa shape index (κ1) is 18.6. The summed E-state index contributed by atoms with van der Waals surface area (Å²) >= 11 is 0. The van der Waals surface area contributed by atoms with Crippen LogP contribution in [0.25, 0.3) is 5.69 Å². The number of amides is 1. The number of aryl methyl sites for hydroxylation is 1. The minimum absolute atomic E-state index is 0.294. The molecule has 2 aromatic rings. The first-order chi connectivity index (χ1) is 12.4. The molecule has 1 aliphatic heterocycles. The molecule has 3 rings (SSSR count). The summed E-state index contributed by atoms with van der Waals surface area (Å²) in [7, 11) is 2.15. The van der Waals surface area contributed by atoms with Gasteiger partial charge in [-0.3, -0.25) is 4.79 Å². The second-order valence-electron chi connectivity index (χ2n) is 7.82. The Labute approximate surface area is 156 Å². The van der Waals surface area contributed by atoms with E-state index in [9.17, 15) is 4.79 Å². The third-order valence-electron chi connectivity index (χ3n) is 5.19. The molecule has 1 aromatic carbocycles. The number of para-hydroxylation sites is 1. The van der Waals surface area contributed by atoms with Crippen molar-refractivity contribution in [3.8, 4) is 5.69 Å². The minimum Gasteiger partial charge on any atom is -0.340 e. The summed E-state index contributed by atoms with van der Waals surface area (Å²) in [5.74, 6) is 0.852. The maximum Gasteiger partial charge on any atom is 0.222 e. The number of likely N-dealkylation sites (tertiary alicyclic amines) is 1. The maximum absolute atomic E-state index is 12.0. The number of carbonyl (C=O) groups excluding carboxylic acids is 1. The van der Waals surface area contributed by atoms with E-state index in [1.807, 2.05) is 27.9 Å². The van der Waals surface area contributed by atoms with Gasteiger partial charge in [0.1, 0.15) is 0 Å². The van der Waals surface area contributed by atoms with Crippen molar-refractivity contribution in [2.75, 3.05) is 20.1 Å². The highest BCUT2D eigenvalue weighted by atomic mass is 16.2. The van der Waals surface area contributed by atoms with Gasteiger partial charge in [0.2, 0.25) is 5.91 Å². The molecule has 1 aromatic heterocycles. The first-order valence-electron chi connectivity index (χ1n) is 9.51. The molecule has 5 heteroatoms. The summed E-state index contributed by atoms with van der Waals surface area (Å²) in [4.78, 5) is 16.4. The van der Waals surface area contributed by atoms with Gasteiger partial charge in [0, 0.05) is 43.9 Å². The summed E-state index contributed by atoms with van der Waals surface area (Å²) in [6.07, 6.45) is 5.74. The molecular weight excluding hydrogens is 324 g/mol. The highest BCUT2D eigenvalue weighted by Crippen LogP contribution is 2.21. The van der Waals surface area contributed by atoms with Crippen LogP contribution in [0.5, 0.6) is 0 Å². The zero-order valence-corrected chi connectivity index (χ0v) is 16.4. The predicted octanol–water partition coefficient (Wildman–Crippen LogP) is 3.26. The van der Waals surface area contributed by atoms with Crippen LogP contribution in [0, 0.1) is 12.8 Å². The molecule has 1 atom stereocenters. The van der Waals surface area contributed by atoms with E-state index >= 15 is 0 Å². The summed E-state index contributed by atoms with van der Waals surface area (Å²) in [5.41, 5.74) is 3.55. The van der Waals surface area contributed by atoms with Crippen molar-refractivity contribution in [3.05, 3.63) is 47.8 Å². The zero-order valence-electron chi connectivity index (χ0n) is 16.4. The van der Waals surface area contributed by atoms with E-state index in [0.717, 1.165) is 31.7 Å². The lowest BCUT2D eigenvalue weighted by Gasteiger charge is -2.37. The highest BCUT2D eigenvalue weighted by molar-refractivity contribution is 5.77. The van der Waals surface area contributed by atoms with Gasteiger partial charge in [0.15, 0.2) is 0 Å². The Balaban J connectivity index is 1.58. The summed E-state index contributed by atoms with van der Waals surface area (Å²) in [6.45, 7) is 9.06. The molecule has 26 heavy (non-hydrogen) atoms. The number of nitrogens with zero attached hydrogens (tertiary/aromatic N) is 4. The molecule has 1 aliphatic rings. The van der Waals surface area contributed by atoms with Crippen molar-refractivity contribution in [2.24, 2.45) is 5.92 Å². The van der Waals surface area contributed by atoms with E-state index in [-0.39, 0.29) is 0 Å². The fourth-order valence-corrected chi connectivity index (χ4v) is 3.80. The van der Waals surface area contributed by atoms with Crippen LogP contribution in [0.3, 0.4) is 0 Å². The quantitative estimate of drug-likeness (QED) is 0.799. The molecule has 0 aliphatic carbocycles.